The molecule has 1 aromatic heterocycles. The van der Waals surface area contributed by atoms with Gasteiger partial charge in [-0.1, -0.05) is 35.5 Å². The standard InChI is InChI=1S/C26H25ClN4O3S/c1-17-4-5-18(2)23(14-17)28-25(32)16-35-26-30-29-24(15-34-22-10-6-19(27)7-11-22)31(26)20-8-12-21(33-3)13-9-20/h4-14H,15-16H2,1-3H3,(H,28,32). The minimum atomic E-state index is -0.119. The first-order valence-corrected chi connectivity index (χ1v) is 12.3. The molecule has 0 aliphatic rings. The second-order valence-electron chi connectivity index (χ2n) is 7.83. The number of carbonyl (C=O) groups is 1. The highest BCUT2D eigenvalue weighted by molar-refractivity contribution is 7.99. The van der Waals surface area contributed by atoms with Crippen LogP contribution in [-0.2, 0) is 11.4 Å². The molecule has 0 saturated heterocycles. The molecule has 0 aliphatic carbocycles. The molecule has 7 nitrogen and oxygen atoms in total. The number of carbonyl (C=O) groups excluding carboxylic acids is 1. The molecule has 0 radical (unpaired) electrons. The van der Waals surface area contributed by atoms with Crippen molar-refractivity contribution in [3.8, 4) is 17.2 Å². The fourth-order valence-corrected chi connectivity index (χ4v) is 4.24. The topological polar surface area (TPSA) is 78.3 Å². The van der Waals surface area contributed by atoms with E-state index in [1.165, 1.54) is 11.8 Å². The predicted molar refractivity (Wildman–Crippen MR) is 139 cm³/mol. The van der Waals surface area contributed by atoms with Crippen molar-refractivity contribution >= 4 is 35.0 Å². The van der Waals surface area contributed by atoms with Crippen LogP contribution in [0.25, 0.3) is 5.69 Å². The van der Waals surface area contributed by atoms with Crippen molar-refractivity contribution in [2.45, 2.75) is 25.6 Å². The monoisotopic (exact) mass is 508 g/mol. The number of halogens is 1. The number of hydrogen-bond donors (Lipinski definition) is 1. The van der Waals surface area contributed by atoms with Crippen LogP contribution in [0.5, 0.6) is 11.5 Å². The lowest BCUT2D eigenvalue weighted by molar-refractivity contribution is -0.113. The Bertz CT molecular complexity index is 1310. The summed E-state index contributed by atoms with van der Waals surface area (Å²) in [6.07, 6.45) is 0. The Labute approximate surface area is 213 Å². The van der Waals surface area contributed by atoms with E-state index in [4.69, 9.17) is 21.1 Å². The number of rotatable bonds is 9. The highest BCUT2D eigenvalue weighted by atomic mass is 35.5. The third-order valence-electron chi connectivity index (χ3n) is 5.21. The molecule has 0 bridgehead atoms. The summed E-state index contributed by atoms with van der Waals surface area (Å²) in [6, 6.07) is 20.6. The summed E-state index contributed by atoms with van der Waals surface area (Å²) in [5, 5.41) is 12.9. The van der Waals surface area contributed by atoms with Crippen LogP contribution in [0.3, 0.4) is 0 Å². The second-order valence-corrected chi connectivity index (χ2v) is 9.21. The van der Waals surface area contributed by atoms with Gasteiger partial charge < -0.3 is 14.8 Å². The normalized spacial score (nSPS) is 10.7. The average molecular weight is 509 g/mol. The number of anilines is 1. The van der Waals surface area contributed by atoms with Crippen LogP contribution >= 0.6 is 23.4 Å². The number of ether oxygens (including phenoxy) is 2. The zero-order valence-corrected chi connectivity index (χ0v) is 21.2. The summed E-state index contributed by atoms with van der Waals surface area (Å²) >= 11 is 7.27. The molecule has 4 rings (SSSR count). The van der Waals surface area contributed by atoms with Gasteiger partial charge in [0.1, 0.15) is 18.1 Å². The van der Waals surface area contributed by atoms with E-state index in [1.54, 1.807) is 31.4 Å². The Morgan fingerprint density at radius 2 is 1.71 bits per heavy atom. The molecule has 9 heteroatoms. The van der Waals surface area contributed by atoms with Crippen LogP contribution in [0, 0.1) is 13.8 Å². The van der Waals surface area contributed by atoms with Gasteiger partial charge in [-0.2, -0.15) is 0 Å². The smallest absolute Gasteiger partial charge is 0.234 e. The Balaban J connectivity index is 1.52. The first-order chi connectivity index (χ1) is 16.9. The van der Waals surface area contributed by atoms with Gasteiger partial charge in [-0.3, -0.25) is 9.36 Å². The summed E-state index contributed by atoms with van der Waals surface area (Å²) in [5.41, 5.74) is 3.74. The molecule has 0 aliphatic heterocycles. The Hall–Kier alpha value is -3.49. The lowest BCUT2D eigenvalue weighted by Gasteiger charge is -2.12. The molecule has 4 aromatic rings. The van der Waals surface area contributed by atoms with E-state index in [9.17, 15) is 4.79 Å². The van der Waals surface area contributed by atoms with Crippen LogP contribution in [0.15, 0.2) is 71.9 Å². The SMILES string of the molecule is COc1ccc(-n2c(COc3ccc(Cl)cc3)nnc2SCC(=O)Nc2cc(C)ccc2C)cc1. The maximum atomic E-state index is 12.7. The molecule has 0 saturated carbocycles. The molecule has 1 amide bonds. The molecule has 0 atom stereocenters. The molecular weight excluding hydrogens is 484 g/mol. The maximum absolute atomic E-state index is 12.7. The lowest BCUT2D eigenvalue weighted by atomic mass is 10.1. The van der Waals surface area contributed by atoms with Crippen LogP contribution in [-0.4, -0.2) is 33.5 Å². The number of aromatic nitrogens is 3. The van der Waals surface area contributed by atoms with Crippen molar-refractivity contribution in [3.63, 3.8) is 0 Å². The number of thioether (sulfide) groups is 1. The van der Waals surface area contributed by atoms with Crippen molar-refractivity contribution in [2.75, 3.05) is 18.2 Å². The zero-order valence-electron chi connectivity index (χ0n) is 19.6. The molecule has 0 fully saturated rings. The van der Waals surface area contributed by atoms with Gasteiger partial charge in [0.25, 0.3) is 0 Å². The van der Waals surface area contributed by atoms with Gasteiger partial charge >= 0.3 is 0 Å². The fraction of sp³-hybridized carbons (Fsp3) is 0.192. The largest absolute Gasteiger partial charge is 0.497 e. The van der Waals surface area contributed by atoms with E-state index >= 15 is 0 Å². The van der Waals surface area contributed by atoms with Gasteiger partial charge in [0.05, 0.1) is 12.9 Å². The quantitative estimate of drug-likeness (QED) is 0.285. The molecule has 1 N–H and O–H groups in total. The second kappa shape index (κ2) is 11.3. The third-order valence-corrected chi connectivity index (χ3v) is 6.39. The van der Waals surface area contributed by atoms with E-state index < -0.39 is 0 Å². The Morgan fingerprint density at radius 3 is 2.43 bits per heavy atom. The number of aryl methyl sites for hydroxylation is 2. The fourth-order valence-electron chi connectivity index (χ4n) is 3.34. The Kier molecular flexibility index (Phi) is 7.94. The maximum Gasteiger partial charge on any atom is 0.234 e. The predicted octanol–water partition coefficient (Wildman–Crippen LogP) is 5.86. The summed E-state index contributed by atoms with van der Waals surface area (Å²) in [4.78, 5) is 12.7. The number of benzene rings is 3. The van der Waals surface area contributed by atoms with Crippen molar-refractivity contribution in [1.82, 2.24) is 14.8 Å². The van der Waals surface area contributed by atoms with Crippen LogP contribution in [0.2, 0.25) is 5.02 Å². The molecule has 180 valence electrons. The van der Waals surface area contributed by atoms with E-state index in [1.807, 2.05) is 60.9 Å². The van der Waals surface area contributed by atoms with Gasteiger partial charge in [0.2, 0.25) is 5.91 Å². The van der Waals surface area contributed by atoms with Crippen molar-refractivity contribution < 1.29 is 14.3 Å². The zero-order chi connectivity index (χ0) is 24.8. The lowest BCUT2D eigenvalue weighted by Crippen LogP contribution is -2.15. The highest BCUT2D eigenvalue weighted by Gasteiger charge is 2.17. The highest BCUT2D eigenvalue weighted by Crippen LogP contribution is 2.26. The molecule has 3 aromatic carbocycles. The van der Waals surface area contributed by atoms with Crippen molar-refractivity contribution in [2.24, 2.45) is 0 Å². The van der Waals surface area contributed by atoms with Gasteiger partial charge in [0, 0.05) is 16.4 Å². The summed E-state index contributed by atoms with van der Waals surface area (Å²) in [5.74, 6) is 2.07. The van der Waals surface area contributed by atoms with E-state index in [0.29, 0.717) is 21.8 Å². The minimum Gasteiger partial charge on any atom is -0.497 e. The number of amides is 1. The average Bonchev–Trinajstić information content (AvgIpc) is 3.27. The van der Waals surface area contributed by atoms with Gasteiger partial charge in [0.15, 0.2) is 11.0 Å². The first-order valence-electron chi connectivity index (χ1n) is 10.9. The van der Waals surface area contributed by atoms with Gasteiger partial charge in [-0.15, -0.1) is 10.2 Å². The van der Waals surface area contributed by atoms with Crippen molar-refractivity contribution in [3.05, 3.63) is 88.7 Å². The van der Waals surface area contributed by atoms with E-state index in [2.05, 4.69) is 15.5 Å². The van der Waals surface area contributed by atoms with Gasteiger partial charge in [-0.05, 0) is 79.6 Å². The summed E-state index contributed by atoms with van der Waals surface area (Å²) in [6.45, 7) is 4.15. The van der Waals surface area contributed by atoms with E-state index in [0.717, 1.165) is 28.3 Å². The number of hydrogen-bond acceptors (Lipinski definition) is 6. The van der Waals surface area contributed by atoms with Crippen LogP contribution < -0.4 is 14.8 Å². The summed E-state index contributed by atoms with van der Waals surface area (Å²) in [7, 11) is 1.62. The number of methoxy groups -OCH3 is 1. The molecular formula is C26H25ClN4O3S. The molecule has 1 heterocycles. The molecule has 0 unspecified atom stereocenters. The summed E-state index contributed by atoms with van der Waals surface area (Å²) < 4.78 is 13.1. The number of nitrogens with zero attached hydrogens (tertiary/aromatic N) is 3. The molecule has 0 spiro atoms. The van der Waals surface area contributed by atoms with Crippen LogP contribution in [0.4, 0.5) is 5.69 Å². The third kappa shape index (κ3) is 6.35. The minimum absolute atomic E-state index is 0.119. The van der Waals surface area contributed by atoms with Crippen molar-refractivity contribution in [1.29, 1.82) is 0 Å². The van der Waals surface area contributed by atoms with Crippen LogP contribution in [0.1, 0.15) is 17.0 Å². The molecule has 35 heavy (non-hydrogen) atoms. The first kappa shape index (κ1) is 24.6. The van der Waals surface area contributed by atoms with Gasteiger partial charge in [-0.25, -0.2) is 0 Å². The van der Waals surface area contributed by atoms with E-state index in [-0.39, 0.29) is 18.3 Å². The number of nitrogens with one attached hydrogen (secondary N) is 1. The Morgan fingerprint density at radius 1 is 1.00 bits per heavy atom.